The van der Waals surface area contributed by atoms with Crippen molar-refractivity contribution >= 4 is 0 Å². The minimum absolute atomic E-state index is 0.0747. The van der Waals surface area contributed by atoms with E-state index in [1.807, 2.05) is 31.2 Å². The van der Waals surface area contributed by atoms with Crippen molar-refractivity contribution in [3.63, 3.8) is 0 Å². The molecule has 0 fully saturated rings. The molecule has 3 rings (SSSR count). The highest BCUT2D eigenvalue weighted by atomic mass is 16.5. The average molecular weight is 375 g/mol. The van der Waals surface area contributed by atoms with Crippen LogP contribution in [0.4, 0.5) is 0 Å². The van der Waals surface area contributed by atoms with Crippen LogP contribution in [-0.4, -0.2) is 40.5 Å². The van der Waals surface area contributed by atoms with E-state index in [1.165, 1.54) is 4.57 Å². The van der Waals surface area contributed by atoms with Gasteiger partial charge >= 0.3 is 5.69 Å². The van der Waals surface area contributed by atoms with Crippen LogP contribution in [0.15, 0.2) is 29.1 Å². The Kier molecular flexibility index (Phi) is 6.81. The van der Waals surface area contributed by atoms with Crippen LogP contribution in [0.5, 0.6) is 17.4 Å². The molecule has 0 saturated heterocycles. The monoisotopic (exact) mass is 375 g/mol. The third-order valence-corrected chi connectivity index (χ3v) is 4.77. The predicted octanol–water partition coefficient (Wildman–Crippen LogP) is 2.15. The quantitative estimate of drug-likeness (QED) is 0.589. The number of nitrogens with one attached hydrogen (secondary N) is 1. The molecular weight excluding hydrogens is 346 g/mol. The highest BCUT2D eigenvalue weighted by molar-refractivity contribution is 5.39. The molecule has 0 atom stereocenters. The third-order valence-electron chi connectivity index (χ3n) is 4.77. The lowest BCUT2D eigenvalue weighted by Gasteiger charge is -2.12. The normalized spacial score (nSPS) is 12.9. The fraction of sp³-hybridized carbons (Fsp3) is 0.550. The number of unbranched alkanes of at least 4 members (excludes halogenated alkanes) is 1. The molecule has 7 nitrogen and oxygen atoms in total. The first kappa shape index (κ1) is 19.4. The number of imidazole rings is 1. The van der Waals surface area contributed by atoms with Crippen LogP contribution in [0.1, 0.15) is 31.9 Å². The van der Waals surface area contributed by atoms with E-state index in [0.717, 1.165) is 62.5 Å². The van der Waals surface area contributed by atoms with Crippen LogP contribution in [0.3, 0.4) is 0 Å². The van der Waals surface area contributed by atoms with Crippen molar-refractivity contribution in [3.8, 4) is 17.4 Å². The Balaban J connectivity index is 1.31. The van der Waals surface area contributed by atoms with Crippen LogP contribution in [0.2, 0.25) is 0 Å². The summed E-state index contributed by atoms with van der Waals surface area (Å²) in [5.41, 5.74) is 0.719. The van der Waals surface area contributed by atoms with Gasteiger partial charge < -0.3 is 19.9 Å². The molecule has 148 valence electrons. The van der Waals surface area contributed by atoms with Crippen molar-refractivity contribution < 1.29 is 14.6 Å². The zero-order valence-corrected chi connectivity index (χ0v) is 15.9. The largest absolute Gasteiger partial charge is 0.493 e. The van der Waals surface area contributed by atoms with Gasteiger partial charge in [-0.05, 0) is 51.3 Å². The van der Waals surface area contributed by atoms with Gasteiger partial charge in [0, 0.05) is 19.6 Å². The summed E-state index contributed by atoms with van der Waals surface area (Å²) >= 11 is 0. The average Bonchev–Trinajstić information content (AvgIpc) is 3.24. The summed E-state index contributed by atoms with van der Waals surface area (Å²) in [6.07, 6.45) is 3.52. The Labute approximate surface area is 159 Å². The molecule has 2 heterocycles. The van der Waals surface area contributed by atoms with Gasteiger partial charge in [-0.25, -0.2) is 4.79 Å². The van der Waals surface area contributed by atoms with Gasteiger partial charge in [0.25, 0.3) is 0 Å². The number of aromatic hydroxyl groups is 1. The van der Waals surface area contributed by atoms with E-state index in [0.29, 0.717) is 19.8 Å². The second kappa shape index (κ2) is 9.50. The zero-order chi connectivity index (χ0) is 19.1. The van der Waals surface area contributed by atoms with Crippen molar-refractivity contribution in [1.29, 1.82) is 0 Å². The van der Waals surface area contributed by atoms with E-state index in [2.05, 4.69) is 5.32 Å². The molecule has 1 aliphatic heterocycles. The third kappa shape index (κ3) is 4.66. The molecule has 2 aromatic rings. The molecule has 0 amide bonds. The van der Waals surface area contributed by atoms with Gasteiger partial charge in [0.15, 0.2) is 11.5 Å². The lowest BCUT2D eigenvalue weighted by Crippen LogP contribution is -2.25. The van der Waals surface area contributed by atoms with Crippen molar-refractivity contribution in [2.24, 2.45) is 0 Å². The number of hydrogen-bond acceptors (Lipinski definition) is 5. The molecule has 0 spiro atoms. The first-order valence-corrected chi connectivity index (χ1v) is 9.79. The van der Waals surface area contributed by atoms with Gasteiger partial charge in [-0.1, -0.05) is 12.1 Å². The number of nitrogens with zero attached hydrogens (tertiary/aromatic N) is 2. The van der Waals surface area contributed by atoms with Crippen molar-refractivity contribution in [2.75, 3.05) is 26.3 Å². The molecule has 0 aliphatic carbocycles. The Morgan fingerprint density at radius 3 is 2.67 bits per heavy atom. The lowest BCUT2D eigenvalue weighted by atomic mass is 10.3. The second-order valence-electron chi connectivity index (χ2n) is 6.65. The number of benzene rings is 1. The topological polar surface area (TPSA) is 77.7 Å². The van der Waals surface area contributed by atoms with Crippen LogP contribution in [-0.2, 0) is 19.5 Å². The summed E-state index contributed by atoms with van der Waals surface area (Å²) in [6.45, 7) is 6.01. The lowest BCUT2D eigenvalue weighted by molar-refractivity contribution is 0.275. The Morgan fingerprint density at radius 1 is 1.15 bits per heavy atom. The predicted molar refractivity (Wildman–Crippen MR) is 104 cm³/mol. The maximum Gasteiger partial charge on any atom is 0.331 e. The molecule has 0 radical (unpaired) electrons. The Bertz CT molecular complexity index is 797. The standard InChI is InChI=1S/C20H29N3O4/c1-2-26-17-9-3-4-10-18(17)27-15-12-21-11-5-6-13-23-19(24)16-8-7-14-22(16)20(23)25/h3-4,9-10,21,24H,2,5-8,11-15H2,1H3. The summed E-state index contributed by atoms with van der Waals surface area (Å²) in [4.78, 5) is 12.2. The number of ether oxygens (including phenoxy) is 2. The second-order valence-corrected chi connectivity index (χ2v) is 6.65. The van der Waals surface area contributed by atoms with Gasteiger partial charge in [0.05, 0.1) is 12.3 Å². The van der Waals surface area contributed by atoms with Gasteiger partial charge in [0.1, 0.15) is 6.61 Å². The van der Waals surface area contributed by atoms with Crippen molar-refractivity contribution in [1.82, 2.24) is 14.5 Å². The number of fused-ring (bicyclic) bond motifs is 1. The first-order valence-electron chi connectivity index (χ1n) is 9.79. The van der Waals surface area contributed by atoms with Crippen LogP contribution < -0.4 is 20.5 Å². The Morgan fingerprint density at radius 2 is 1.93 bits per heavy atom. The molecule has 27 heavy (non-hydrogen) atoms. The molecule has 2 N–H and O–H groups in total. The molecule has 1 aromatic carbocycles. The fourth-order valence-electron chi connectivity index (χ4n) is 3.43. The molecular formula is C20H29N3O4. The highest BCUT2D eigenvalue weighted by Gasteiger charge is 2.22. The highest BCUT2D eigenvalue weighted by Crippen LogP contribution is 2.26. The van der Waals surface area contributed by atoms with Crippen LogP contribution in [0, 0.1) is 0 Å². The first-order chi connectivity index (χ1) is 13.2. The molecule has 7 heteroatoms. The van der Waals surface area contributed by atoms with Gasteiger partial charge in [0.2, 0.25) is 5.88 Å². The number of hydrogen-bond donors (Lipinski definition) is 2. The smallest absolute Gasteiger partial charge is 0.331 e. The minimum atomic E-state index is -0.0747. The maximum absolute atomic E-state index is 12.2. The van der Waals surface area contributed by atoms with Gasteiger partial charge in [-0.2, -0.15) is 0 Å². The molecule has 1 aromatic heterocycles. The van der Waals surface area contributed by atoms with E-state index in [9.17, 15) is 9.90 Å². The van der Waals surface area contributed by atoms with E-state index < -0.39 is 0 Å². The van der Waals surface area contributed by atoms with Gasteiger partial charge in [-0.3, -0.25) is 9.13 Å². The molecule has 0 saturated carbocycles. The summed E-state index contributed by atoms with van der Waals surface area (Å²) in [5, 5.41) is 13.5. The van der Waals surface area contributed by atoms with E-state index >= 15 is 0 Å². The van der Waals surface area contributed by atoms with E-state index in [-0.39, 0.29) is 11.6 Å². The summed E-state index contributed by atoms with van der Waals surface area (Å²) in [5.74, 6) is 1.69. The summed E-state index contributed by atoms with van der Waals surface area (Å²) in [6, 6.07) is 7.67. The maximum atomic E-state index is 12.2. The van der Waals surface area contributed by atoms with E-state index in [4.69, 9.17) is 9.47 Å². The zero-order valence-electron chi connectivity index (χ0n) is 15.9. The SMILES string of the molecule is CCOc1ccccc1OCCNCCCCn1c(O)c2n(c1=O)CCC2. The fourth-order valence-corrected chi connectivity index (χ4v) is 3.43. The number of para-hydroxylation sites is 2. The summed E-state index contributed by atoms with van der Waals surface area (Å²) in [7, 11) is 0. The van der Waals surface area contributed by atoms with Crippen molar-refractivity contribution in [2.45, 2.75) is 45.7 Å². The van der Waals surface area contributed by atoms with Gasteiger partial charge in [-0.15, -0.1) is 0 Å². The molecule has 0 unspecified atom stereocenters. The number of aromatic nitrogens is 2. The van der Waals surface area contributed by atoms with Crippen molar-refractivity contribution in [3.05, 3.63) is 40.4 Å². The molecule has 1 aliphatic rings. The van der Waals surface area contributed by atoms with Crippen LogP contribution >= 0.6 is 0 Å². The summed E-state index contributed by atoms with van der Waals surface area (Å²) < 4.78 is 14.5. The minimum Gasteiger partial charge on any atom is -0.493 e. The number of rotatable bonds is 11. The van der Waals surface area contributed by atoms with Crippen LogP contribution in [0.25, 0.3) is 0 Å². The molecule has 0 bridgehead atoms. The van der Waals surface area contributed by atoms with E-state index in [1.54, 1.807) is 4.57 Å². The Hall–Kier alpha value is -2.41.